The van der Waals surface area contributed by atoms with Crippen LogP contribution in [0.2, 0.25) is 0 Å². The number of tetrazole rings is 1. The number of rotatable bonds is 3. The van der Waals surface area contributed by atoms with Gasteiger partial charge in [-0.15, -0.1) is 5.10 Å². The van der Waals surface area contributed by atoms with E-state index in [0.717, 1.165) is 31.3 Å². The Kier molecular flexibility index (Phi) is 3.36. The second kappa shape index (κ2) is 5.12. The molecule has 1 aliphatic carbocycles. The van der Waals surface area contributed by atoms with Crippen molar-refractivity contribution in [2.45, 2.75) is 51.0 Å². The number of hydrogen-bond acceptors (Lipinski definition) is 4. The molecule has 3 rings (SSSR count). The molecular formula is C12H21N5. The average Bonchev–Trinajstić information content (AvgIpc) is 3.00. The molecule has 1 N–H and O–H groups in total. The minimum absolute atomic E-state index is 0.571. The first-order valence-electron chi connectivity index (χ1n) is 6.91. The molecule has 17 heavy (non-hydrogen) atoms. The van der Waals surface area contributed by atoms with Crippen molar-refractivity contribution in [2.75, 3.05) is 13.1 Å². The first-order valence-corrected chi connectivity index (χ1v) is 6.91. The van der Waals surface area contributed by atoms with Gasteiger partial charge in [-0.2, -0.15) is 0 Å². The van der Waals surface area contributed by atoms with E-state index in [2.05, 4.69) is 25.5 Å². The van der Waals surface area contributed by atoms with E-state index < -0.39 is 0 Å². The molecule has 2 fully saturated rings. The molecular weight excluding hydrogens is 214 g/mol. The fraction of sp³-hybridized carbons (Fsp3) is 0.917. The summed E-state index contributed by atoms with van der Waals surface area (Å²) in [7, 11) is 0. The van der Waals surface area contributed by atoms with Gasteiger partial charge in [0.1, 0.15) is 0 Å². The van der Waals surface area contributed by atoms with Crippen molar-refractivity contribution < 1.29 is 0 Å². The zero-order chi connectivity index (χ0) is 11.5. The lowest BCUT2D eigenvalue weighted by atomic mass is 9.94. The Morgan fingerprint density at radius 2 is 1.88 bits per heavy atom. The largest absolute Gasteiger partial charge is 0.317 e. The Balaban J connectivity index is 1.67. The van der Waals surface area contributed by atoms with E-state index in [1.54, 1.807) is 0 Å². The maximum Gasteiger partial charge on any atom is 0.151 e. The summed E-state index contributed by atoms with van der Waals surface area (Å²) < 4.78 is 2.11. The third-order valence-electron chi connectivity index (χ3n) is 4.16. The van der Waals surface area contributed by atoms with Gasteiger partial charge in [0.25, 0.3) is 0 Å². The molecule has 1 aliphatic heterocycles. The van der Waals surface area contributed by atoms with Crippen LogP contribution in [0.3, 0.4) is 0 Å². The quantitative estimate of drug-likeness (QED) is 0.858. The second-order valence-electron chi connectivity index (χ2n) is 5.38. The van der Waals surface area contributed by atoms with Crippen molar-refractivity contribution in [2.24, 2.45) is 5.92 Å². The Morgan fingerprint density at radius 1 is 1.12 bits per heavy atom. The summed E-state index contributed by atoms with van der Waals surface area (Å²) in [6.45, 7) is 2.30. The van der Waals surface area contributed by atoms with E-state index >= 15 is 0 Å². The molecule has 1 saturated heterocycles. The smallest absolute Gasteiger partial charge is 0.151 e. The SMILES string of the molecule is C1CCC(n2nnnc2CC2CCNCC2)C1. The van der Waals surface area contributed by atoms with Crippen LogP contribution in [0.1, 0.15) is 50.4 Å². The molecule has 0 radical (unpaired) electrons. The van der Waals surface area contributed by atoms with E-state index in [9.17, 15) is 0 Å². The van der Waals surface area contributed by atoms with Gasteiger partial charge < -0.3 is 5.32 Å². The molecule has 0 bridgehead atoms. The summed E-state index contributed by atoms with van der Waals surface area (Å²) >= 11 is 0. The van der Waals surface area contributed by atoms with Gasteiger partial charge in [-0.1, -0.05) is 12.8 Å². The van der Waals surface area contributed by atoms with Crippen LogP contribution in [0.5, 0.6) is 0 Å². The van der Waals surface area contributed by atoms with E-state index in [0.29, 0.717) is 6.04 Å². The lowest BCUT2D eigenvalue weighted by Crippen LogP contribution is -2.29. The topological polar surface area (TPSA) is 55.6 Å². The highest BCUT2D eigenvalue weighted by molar-refractivity contribution is 4.90. The summed E-state index contributed by atoms with van der Waals surface area (Å²) in [6.07, 6.45) is 8.75. The van der Waals surface area contributed by atoms with Crippen LogP contribution < -0.4 is 5.32 Å². The Hall–Kier alpha value is -0.970. The van der Waals surface area contributed by atoms with Gasteiger partial charge in [-0.25, -0.2) is 4.68 Å². The third-order valence-corrected chi connectivity index (χ3v) is 4.16. The summed E-state index contributed by atoms with van der Waals surface area (Å²) in [5, 5.41) is 15.7. The highest BCUT2D eigenvalue weighted by Gasteiger charge is 2.23. The fourth-order valence-corrected chi connectivity index (χ4v) is 3.12. The van der Waals surface area contributed by atoms with Gasteiger partial charge in [0.2, 0.25) is 0 Å². The zero-order valence-electron chi connectivity index (χ0n) is 10.3. The predicted octanol–water partition coefficient (Wildman–Crippen LogP) is 1.33. The van der Waals surface area contributed by atoms with Gasteiger partial charge in [-0.05, 0) is 55.1 Å². The van der Waals surface area contributed by atoms with Gasteiger partial charge in [0, 0.05) is 6.42 Å². The summed E-state index contributed by atoms with van der Waals surface area (Å²) in [5.74, 6) is 1.88. The summed E-state index contributed by atoms with van der Waals surface area (Å²) in [6, 6.07) is 0.571. The lowest BCUT2D eigenvalue weighted by Gasteiger charge is -2.22. The van der Waals surface area contributed by atoms with Gasteiger partial charge in [0.15, 0.2) is 5.82 Å². The van der Waals surface area contributed by atoms with Crippen LogP contribution in [-0.2, 0) is 6.42 Å². The van der Waals surface area contributed by atoms with Crippen LogP contribution >= 0.6 is 0 Å². The number of nitrogens with zero attached hydrogens (tertiary/aromatic N) is 4. The van der Waals surface area contributed by atoms with Gasteiger partial charge in [-0.3, -0.25) is 0 Å². The van der Waals surface area contributed by atoms with Crippen LogP contribution in [0.25, 0.3) is 0 Å². The Bertz CT molecular complexity index is 350. The number of nitrogens with one attached hydrogen (secondary N) is 1. The number of aromatic nitrogens is 4. The normalized spacial score (nSPS) is 23.3. The molecule has 1 saturated carbocycles. The van der Waals surface area contributed by atoms with Crippen LogP contribution in [-0.4, -0.2) is 33.3 Å². The molecule has 1 aromatic heterocycles. The molecule has 1 aromatic rings. The van der Waals surface area contributed by atoms with Gasteiger partial charge in [0.05, 0.1) is 6.04 Å². The minimum atomic E-state index is 0.571. The molecule has 5 heteroatoms. The van der Waals surface area contributed by atoms with Gasteiger partial charge >= 0.3 is 0 Å². The molecule has 94 valence electrons. The van der Waals surface area contributed by atoms with Crippen molar-refractivity contribution in [1.82, 2.24) is 25.5 Å². The van der Waals surface area contributed by atoms with E-state index in [4.69, 9.17) is 0 Å². The number of piperidine rings is 1. The first kappa shape index (κ1) is 11.1. The van der Waals surface area contributed by atoms with Crippen LogP contribution in [0.15, 0.2) is 0 Å². The Labute approximate surface area is 102 Å². The van der Waals surface area contributed by atoms with Crippen LogP contribution in [0, 0.1) is 5.92 Å². The summed E-state index contributed by atoms with van der Waals surface area (Å²) in [4.78, 5) is 0. The molecule has 0 amide bonds. The molecule has 0 aromatic carbocycles. The van der Waals surface area contributed by atoms with E-state index in [1.807, 2.05) is 0 Å². The summed E-state index contributed by atoms with van der Waals surface area (Å²) in [5.41, 5.74) is 0. The van der Waals surface area contributed by atoms with E-state index in [-0.39, 0.29) is 0 Å². The molecule has 5 nitrogen and oxygen atoms in total. The van der Waals surface area contributed by atoms with Crippen molar-refractivity contribution in [1.29, 1.82) is 0 Å². The molecule has 0 atom stereocenters. The predicted molar refractivity (Wildman–Crippen MR) is 64.6 cm³/mol. The highest BCUT2D eigenvalue weighted by atomic mass is 15.5. The Morgan fingerprint density at radius 3 is 2.65 bits per heavy atom. The number of hydrogen-bond donors (Lipinski definition) is 1. The van der Waals surface area contributed by atoms with Crippen molar-refractivity contribution in [3.8, 4) is 0 Å². The standard InChI is InChI=1S/C12H21N5/c1-2-4-11(3-1)17-12(14-15-16-17)9-10-5-7-13-8-6-10/h10-11,13H,1-9H2. The maximum absolute atomic E-state index is 4.24. The second-order valence-corrected chi connectivity index (χ2v) is 5.38. The maximum atomic E-state index is 4.24. The average molecular weight is 235 g/mol. The van der Waals surface area contributed by atoms with Crippen molar-refractivity contribution in [3.05, 3.63) is 5.82 Å². The zero-order valence-corrected chi connectivity index (χ0v) is 10.3. The van der Waals surface area contributed by atoms with Crippen molar-refractivity contribution in [3.63, 3.8) is 0 Å². The van der Waals surface area contributed by atoms with Crippen LogP contribution in [0.4, 0.5) is 0 Å². The lowest BCUT2D eigenvalue weighted by molar-refractivity contribution is 0.350. The van der Waals surface area contributed by atoms with Crippen molar-refractivity contribution >= 4 is 0 Å². The van der Waals surface area contributed by atoms with E-state index in [1.165, 1.54) is 38.5 Å². The first-order chi connectivity index (χ1) is 8.43. The molecule has 0 unspecified atom stereocenters. The third kappa shape index (κ3) is 2.49. The molecule has 2 aliphatic rings. The monoisotopic (exact) mass is 235 g/mol. The fourth-order valence-electron chi connectivity index (χ4n) is 3.12. The molecule has 2 heterocycles. The highest BCUT2D eigenvalue weighted by Crippen LogP contribution is 2.30. The minimum Gasteiger partial charge on any atom is -0.317 e. The molecule has 0 spiro atoms.